The van der Waals surface area contributed by atoms with Crippen LogP contribution in [0.4, 0.5) is 18.9 Å². The van der Waals surface area contributed by atoms with E-state index in [9.17, 15) is 13.2 Å². The Morgan fingerprint density at radius 3 is 2.41 bits per heavy atom. The molecule has 0 unspecified atom stereocenters. The third-order valence-corrected chi connectivity index (χ3v) is 2.00. The molecule has 0 saturated heterocycles. The van der Waals surface area contributed by atoms with E-state index in [1.165, 1.54) is 18.3 Å². The number of imidazole rings is 1. The maximum absolute atomic E-state index is 12.3. The second-order valence-corrected chi connectivity index (χ2v) is 3.16. The Labute approximate surface area is 94.0 Å². The number of halogens is 3. The van der Waals surface area contributed by atoms with Gasteiger partial charge in [-0.25, -0.2) is 9.83 Å². The second kappa shape index (κ2) is 3.90. The van der Waals surface area contributed by atoms with Gasteiger partial charge in [-0.05, 0) is 6.07 Å². The highest BCUT2D eigenvalue weighted by Gasteiger charge is 2.33. The molecule has 0 aliphatic rings. The third kappa shape index (κ3) is 2.25. The molecular formula is C10H5F3N4. The van der Waals surface area contributed by atoms with Gasteiger partial charge >= 0.3 is 6.18 Å². The van der Waals surface area contributed by atoms with Crippen LogP contribution in [0.2, 0.25) is 0 Å². The van der Waals surface area contributed by atoms with Gasteiger partial charge in [0.1, 0.15) is 11.4 Å². The molecule has 0 atom stereocenters. The smallest absolute Gasteiger partial charge is 0.333 e. The van der Waals surface area contributed by atoms with Crippen LogP contribution in [-0.2, 0) is 6.18 Å². The minimum Gasteiger partial charge on any atom is -0.333 e. The number of hydrogen-bond donors (Lipinski definition) is 1. The predicted octanol–water partition coefficient (Wildman–Crippen LogP) is 3.04. The Morgan fingerprint density at radius 2 is 1.94 bits per heavy atom. The fraction of sp³-hybridized carbons (Fsp3) is 0.100. The van der Waals surface area contributed by atoms with Gasteiger partial charge in [0.15, 0.2) is 5.82 Å². The van der Waals surface area contributed by atoms with Gasteiger partial charge < -0.3 is 4.98 Å². The van der Waals surface area contributed by atoms with E-state index >= 15 is 0 Å². The van der Waals surface area contributed by atoms with E-state index in [1.54, 1.807) is 0 Å². The number of pyridine rings is 1. The first-order chi connectivity index (χ1) is 8.00. The summed E-state index contributed by atoms with van der Waals surface area (Å²) in [5.74, 6) is 0.0221. The lowest BCUT2D eigenvalue weighted by molar-refractivity contribution is -0.140. The number of H-pyrrole nitrogens is 1. The largest absolute Gasteiger partial charge is 0.432 e. The molecule has 17 heavy (non-hydrogen) atoms. The van der Waals surface area contributed by atoms with Crippen LogP contribution >= 0.6 is 0 Å². The molecule has 0 aliphatic heterocycles. The molecule has 0 aromatic carbocycles. The lowest BCUT2D eigenvalue weighted by Gasteiger charge is -2.01. The maximum atomic E-state index is 12.3. The van der Waals surface area contributed by atoms with Crippen LogP contribution < -0.4 is 0 Å². The monoisotopic (exact) mass is 238 g/mol. The SMILES string of the molecule is [C-]#[N+]c1ccc(-c2ncc(C(F)(F)F)[nH]2)nc1. The zero-order valence-electron chi connectivity index (χ0n) is 8.28. The summed E-state index contributed by atoms with van der Waals surface area (Å²) in [6, 6.07) is 2.90. The molecule has 0 amide bonds. The van der Waals surface area contributed by atoms with E-state index in [2.05, 4.69) is 19.8 Å². The summed E-state index contributed by atoms with van der Waals surface area (Å²) in [5.41, 5.74) is -0.354. The van der Waals surface area contributed by atoms with Crippen molar-refractivity contribution in [1.82, 2.24) is 15.0 Å². The summed E-state index contributed by atoms with van der Waals surface area (Å²) in [6.07, 6.45) is -2.47. The molecule has 2 heterocycles. The molecule has 0 aliphatic carbocycles. The van der Waals surface area contributed by atoms with E-state index in [-0.39, 0.29) is 11.5 Å². The summed E-state index contributed by atoms with van der Waals surface area (Å²) in [4.78, 5) is 12.7. The molecule has 2 rings (SSSR count). The third-order valence-electron chi connectivity index (χ3n) is 2.00. The molecule has 0 saturated carbocycles. The van der Waals surface area contributed by atoms with Gasteiger partial charge in [-0.3, -0.25) is 4.98 Å². The van der Waals surface area contributed by atoms with Crippen LogP contribution in [-0.4, -0.2) is 15.0 Å². The Kier molecular flexibility index (Phi) is 2.55. The van der Waals surface area contributed by atoms with Gasteiger partial charge in [-0.1, -0.05) is 6.07 Å². The van der Waals surface area contributed by atoms with Crippen molar-refractivity contribution >= 4 is 5.69 Å². The Hall–Kier alpha value is -2.36. The average Bonchev–Trinajstić information content (AvgIpc) is 2.78. The maximum Gasteiger partial charge on any atom is 0.432 e. The number of nitrogens with one attached hydrogen (secondary N) is 1. The molecule has 0 spiro atoms. The minimum absolute atomic E-state index is 0.0221. The molecule has 0 radical (unpaired) electrons. The number of alkyl halides is 3. The van der Waals surface area contributed by atoms with Gasteiger partial charge in [0.05, 0.1) is 12.8 Å². The lowest BCUT2D eigenvalue weighted by Crippen LogP contribution is -2.04. The second-order valence-electron chi connectivity index (χ2n) is 3.16. The number of nitrogens with zero attached hydrogens (tertiary/aromatic N) is 3. The standard InChI is InChI=1S/C10H5F3N4/c1-14-6-2-3-7(15-4-6)9-16-5-8(17-9)10(11,12)13/h2-5H,(H,16,17). The average molecular weight is 238 g/mol. The van der Waals surface area contributed by atoms with Crippen molar-refractivity contribution in [1.29, 1.82) is 0 Å². The van der Waals surface area contributed by atoms with Crippen LogP contribution in [0.25, 0.3) is 16.4 Å². The first-order valence-corrected chi connectivity index (χ1v) is 4.47. The Balaban J connectivity index is 2.34. The van der Waals surface area contributed by atoms with Crippen LogP contribution in [0.3, 0.4) is 0 Å². The molecule has 7 heteroatoms. The highest BCUT2D eigenvalue weighted by atomic mass is 19.4. The molecule has 0 fully saturated rings. The summed E-state index contributed by atoms with van der Waals surface area (Å²) in [5, 5.41) is 0. The highest BCUT2D eigenvalue weighted by Crippen LogP contribution is 2.29. The molecule has 1 N–H and O–H groups in total. The van der Waals surface area contributed by atoms with Crippen molar-refractivity contribution in [2.75, 3.05) is 0 Å². The molecule has 2 aromatic heterocycles. The van der Waals surface area contributed by atoms with E-state index in [0.29, 0.717) is 11.9 Å². The van der Waals surface area contributed by atoms with Crippen molar-refractivity contribution in [2.45, 2.75) is 6.18 Å². The minimum atomic E-state index is -4.46. The molecular weight excluding hydrogens is 233 g/mol. The number of aromatic nitrogens is 3. The van der Waals surface area contributed by atoms with Crippen LogP contribution in [0, 0.1) is 6.57 Å². The van der Waals surface area contributed by atoms with Crippen LogP contribution in [0.5, 0.6) is 0 Å². The quantitative estimate of drug-likeness (QED) is 0.776. The summed E-state index contributed by atoms with van der Waals surface area (Å²) >= 11 is 0. The fourth-order valence-electron chi connectivity index (χ4n) is 1.19. The summed E-state index contributed by atoms with van der Waals surface area (Å²) < 4.78 is 36.9. The first kappa shape index (κ1) is 11.1. The van der Waals surface area contributed by atoms with E-state index < -0.39 is 11.9 Å². The Morgan fingerprint density at radius 1 is 1.18 bits per heavy atom. The van der Waals surface area contributed by atoms with Crippen molar-refractivity contribution in [2.24, 2.45) is 0 Å². The zero-order chi connectivity index (χ0) is 12.5. The van der Waals surface area contributed by atoms with E-state index in [0.717, 1.165) is 0 Å². The molecule has 0 bridgehead atoms. The van der Waals surface area contributed by atoms with Gasteiger partial charge in [-0.2, -0.15) is 13.2 Å². The van der Waals surface area contributed by atoms with E-state index in [4.69, 9.17) is 6.57 Å². The number of rotatable bonds is 1. The van der Waals surface area contributed by atoms with Crippen molar-refractivity contribution in [3.8, 4) is 11.5 Å². The molecule has 86 valence electrons. The van der Waals surface area contributed by atoms with Gasteiger partial charge in [0.2, 0.25) is 5.69 Å². The van der Waals surface area contributed by atoms with Crippen molar-refractivity contribution in [3.05, 3.63) is 41.6 Å². The molecule has 4 nitrogen and oxygen atoms in total. The Bertz CT molecular complexity index is 562. The normalized spacial score (nSPS) is 11.2. The van der Waals surface area contributed by atoms with Crippen LogP contribution in [0.1, 0.15) is 5.69 Å². The van der Waals surface area contributed by atoms with Crippen LogP contribution in [0.15, 0.2) is 24.5 Å². The molecule has 2 aromatic rings. The summed E-state index contributed by atoms with van der Waals surface area (Å²) in [7, 11) is 0. The zero-order valence-corrected chi connectivity index (χ0v) is 8.28. The van der Waals surface area contributed by atoms with Crippen molar-refractivity contribution < 1.29 is 13.2 Å². The van der Waals surface area contributed by atoms with Crippen molar-refractivity contribution in [3.63, 3.8) is 0 Å². The number of hydrogen-bond acceptors (Lipinski definition) is 2. The summed E-state index contributed by atoms with van der Waals surface area (Å²) in [6.45, 7) is 6.72. The fourth-order valence-corrected chi connectivity index (χ4v) is 1.19. The van der Waals surface area contributed by atoms with Gasteiger partial charge in [0, 0.05) is 6.20 Å². The van der Waals surface area contributed by atoms with E-state index in [1.807, 2.05) is 0 Å². The lowest BCUT2D eigenvalue weighted by atomic mass is 10.3. The van der Waals surface area contributed by atoms with Gasteiger partial charge in [0.25, 0.3) is 0 Å². The highest BCUT2D eigenvalue weighted by molar-refractivity contribution is 5.54. The predicted molar refractivity (Wildman–Crippen MR) is 53.1 cm³/mol. The van der Waals surface area contributed by atoms with Gasteiger partial charge in [-0.15, -0.1) is 0 Å². The number of aromatic amines is 1. The topological polar surface area (TPSA) is 45.9 Å². The first-order valence-electron chi connectivity index (χ1n) is 4.47.